The van der Waals surface area contributed by atoms with E-state index in [2.05, 4.69) is 15.3 Å². The van der Waals surface area contributed by atoms with Crippen molar-refractivity contribution >= 4 is 5.91 Å². The summed E-state index contributed by atoms with van der Waals surface area (Å²) in [5.74, 6) is 0.984. The number of carbonyl (C=O) groups excluding carboxylic acids is 1. The van der Waals surface area contributed by atoms with Crippen LogP contribution in [0.15, 0.2) is 85.2 Å². The first-order chi connectivity index (χ1) is 15.6. The largest absolute Gasteiger partial charge is 0.435 e. The predicted molar refractivity (Wildman–Crippen MR) is 117 cm³/mol. The van der Waals surface area contributed by atoms with E-state index < -0.39 is 0 Å². The van der Waals surface area contributed by atoms with Gasteiger partial charge < -0.3 is 14.8 Å². The Morgan fingerprint density at radius 1 is 0.812 bits per heavy atom. The van der Waals surface area contributed by atoms with Crippen LogP contribution < -0.4 is 14.8 Å². The summed E-state index contributed by atoms with van der Waals surface area (Å²) in [5.41, 5.74) is 2.40. The van der Waals surface area contributed by atoms with Crippen molar-refractivity contribution in [3.05, 3.63) is 108 Å². The summed E-state index contributed by atoms with van der Waals surface area (Å²) >= 11 is 0. The maximum absolute atomic E-state index is 13.0. The standard InChI is InChI=1S/C25H20FN3O3/c1-17-2-10-21(11-3-17)31-24-25(28-15-14-27-24)32-22-12-6-19(7-13-22)23(30)29-16-18-4-8-20(26)9-5-18/h2-15H,16H2,1H3,(H,29,30). The minimum absolute atomic E-state index is 0.210. The van der Waals surface area contributed by atoms with Crippen LogP contribution in [0.5, 0.6) is 23.3 Å². The van der Waals surface area contributed by atoms with Crippen LogP contribution in [0, 0.1) is 12.7 Å². The highest BCUT2D eigenvalue weighted by Gasteiger charge is 2.12. The van der Waals surface area contributed by atoms with Crippen LogP contribution in [0.4, 0.5) is 4.39 Å². The first-order valence-corrected chi connectivity index (χ1v) is 9.93. The van der Waals surface area contributed by atoms with Crippen LogP contribution in [0.2, 0.25) is 0 Å². The molecule has 32 heavy (non-hydrogen) atoms. The summed E-state index contributed by atoms with van der Waals surface area (Å²) in [5, 5.41) is 2.80. The average molecular weight is 429 g/mol. The van der Waals surface area contributed by atoms with Crippen LogP contribution in [0.25, 0.3) is 0 Å². The van der Waals surface area contributed by atoms with Gasteiger partial charge in [-0.05, 0) is 61.0 Å². The molecule has 0 radical (unpaired) electrons. The van der Waals surface area contributed by atoms with Crippen LogP contribution in [0.3, 0.4) is 0 Å². The van der Waals surface area contributed by atoms with E-state index in [-0.39, 0.29) is 23.5 Å². The molecule has 7 heteroatoms. The van der Waals surface area contributed by atoms with Gasteiger partial charge in [-0.25, -0.2) is 14.4 Å². The summed E-state index contributed by atoms with van der Waals surface area (Å²) in [6.45, 7) is 2.30. The van der Waals surface area contributed by atoms with Gasteiger partial charge in [0, 0.05) is 24.5 Å². The number of halogens is 1. The highest BCUT2D eigenvalue weighted by Crippen LogP contribution is 2.30. The molecule has 1 heterocycles. The number of amides is 1. The van der Waals surface area contributed by atoms with Gasteiger partial charge in [0.05, 0.1) is 0 Å². The van der Waals surface area contributed by atoms with Crippen molar-refractivity contribution in [2.45, 2.75) is 13.5 Å². The number of aromatic nitrogens is 2. The zero-order valence-electron chi connectivity index (χ0n) is 17.3. The lowest BCUT2D eigenvalue weighted by Gasteiger charge is -2.10. The molecule has 1 amide bonds. The number of benzene rings is 3. The second-order valence-corrected chi connectivity index (χ2v) is 7.02. The van der Waals surface area contributed by atoms with E-state index >= 15 is 0 Å². The Bertz CT molecular complexity index is 1190. The van der Waals surface area contributed by atoms with Gasteiger partial charge in [0.1, 0.15) is 17.3 Å². The van der Waals surface area contributed by atoms with Crippen molar-refractivity contribution in [2.75, 3.05) is 0 Å². The molecule has 0 unspecified atom stereocenters. The van der Waals surface area contributed by atoms with Gasteiger partial charge in [-0.3, -0.25) is 4.79 Å². The van der Waals surface area contributed by atoms with Gasteiger partial charge in [0.25, 0.3) is 17.7 Å². The lowest BCUT2D eigenvalue weighted by molar-refractivity contribution is 0.0951. The minimum Gasteiger partial charge on any atom is -0.435 e. The fraction of sp³-hybridized carbons (Fsp3) is 0.0800. The molecule has 160 valence electrons. The van der Waals surface area contributed by atoms with Crippen molar-refractivity contribution in [2.24, 2.45) is 0 Å². The van der Waals surface area contributed by atoms with E-state index in [0.717, 1.165) is 11.1 Å². The van der Waals surface area contributed by atoms with Crippen molar-refractivity contribution in [3.63, 3.8) is 0 Å². The van der Waals surface area contributed by atoms with Gasteiger partial charge in [-0.2, -0.15) is 0 Å². The molecule has 4 rings (SSSR count). The number of rotatable bonds is 7. The minimum atomic E-state index is -0.314. The molecule has 0 atom stereocenters. The molecule has 0 bridgehead atoms. The second kappa shape index (κ2) is 9.70. The number of aryl methyl sites for hydroxylation is 1. The normalized spacial score (nSPS) is 10.4. The smallest absolute Gasteiger partial charge is 0.284 e. The van der Waals surface area contributed by atoms with Crippen LogP contribution in [0.1, 0.15) is 21.5 Å². The van der Waals surface area contributed by atoms with E-state index in [0.29, 0.717) is 23.6 Å². The summed E-state index contributed by atoms with van der Waals surface area (Å²) in [4.78, 5) is 20.8. The summed E-state index contributed by atoms with van der Waals surface area (Å²) in [7, 11) is 0. The molecule has 0 saturated carbocycles. The van der Waals surface area contributed by atoms with Crippen LogP contribution in [-0.2, 0) is 6.54 Å². The number of nitrogens with one attached hydrogen (secondary N) is 1. The van der Waals surface area contributed by atoms with Gasteiger partial charge in [0.2, 0.25) is 0 Å². The molecular weight excluding hydrogens is 409 g/mol. The molecule has 0 spiro atoms. The molecular formula is C25H20FN3O3. The first-order valence-electron chi connectivity index (χ1n) is 9.93. The number of hydrogen-bond donors (Lipinski definition) is 1. The number of hydrogen-bond acceptors (Lipinski definition) is 5. The van der Waals surface area contributed by atoms with Crippen LogP contribution in [-0.4, -0.2) is 15.9 Å². The molecule has 0 saturated heterocycles. The third-order valence-corrected chi connectivity index (χ3v) is 4.57. The molecule has 0 fully saturated rings. The van der Waals surface area contributed by atoms with E-state index in [1.807, 2.05) is 31.2 Å². The highest BCUT2D eigenvalue weighted by molar-refractivity contribution is 5.94. The number of ether oxygens (including phenoxy) is 2. The molecule has 3 aromatic carbocycles. The van der Waals surface area contributed by atoms with Gasteiger partial charge in [-0.15, -0.1) is 0 Å². The topological polar surface area (TPSA) is 73.3 Å². The molecule has 0 aliphatic rings. The number of carbonyl (C=O) groups is 1. The fourth-order valence-corrected chi connectivity index (χ4v) is 2.84. The van der Waals surface area contributed by atoms with Crippen molar-refractivity contribution < 1.29 is 18.7 Å². The van der Waals surface area contributed by atoms with Crippen molar-refractivity contribution in [1.29, 1.82) is 0 Å². The van der Waals surface area contributed by atoms with E-state index in [4.69, 9.17) is 9.47 Å². The van der Waals surface area contributed by atoms with Crippen molar-refractivity contribution in [1.82, 2.24) is 15.3 Å². The second-order valence-electron chi connectivity index (χ2n) is 7.02. The van der Waals surface area contributed by atoms with Gasteiger partial charge in [0.15, 0.2) is 0 Å². The van der Waals surface area contributed by atoms with Gasteiger partial charge in [-0.1, -0.05) is 29.8 Å². The Hall–Kier alpha value is -4.26. The summed E-state index contributed by atoms with van der Waals surface area (Å²) < 4.78 is 24.6. The quantitative estimate of drug-likeness (QED) is 0.424. The Kier molecular flexibility index (Phi) is 6.36. The van der Waals surface area contributed by atoms with Crippen molar-refractivity contribution in [3.8, 4) is 23.3 Å². The Balaban J connectivity index is 1.40. The monoisotopic (exact) mass is 429 g/mol. The third-order valence-electron chi connectivity index (χ3n) is 4.57. The summed E-state index contributed by atoms with van der Waals surface area (Å²) in [6.07, 6.45) is 3.03. The molecule has 6 nitrogen and oxygen atoms in total. The van der Waals surface area contributed by atoms with E-state index in [1.54, 1.807) is 36.4 Å². The van der Waals surface area contributed by atoms with E-state index in [9.17, 15) is 9.18 Å². The Morgan fingerprint density at radius 3 is 1.91 bits per heavy atom. The average Bonchev–Trinajstić information content (AvgIpc) is 2.82. The first kappa shape index (κ1) is 21.0. The molecule has 0 aliphatic carbocycles. The Morgan fingerprint density at radius 2 is 1.34 bits per heavy atom. The van der Waals surface area contributed by atoms with Crippen LogP contribution >= 0.6 is 0 Å². The third kappa shape index (κ3) is 5.46. The Labute approximate surface area is 184 Å². The number of nitrogens with zero attached hydrogens (tertiary/aromatic N) is 2. The molecule has 0 aliphatic heterocycles. The lowest BCUT2D eigenvalue weighted by atomic mass is 10.2. The van der Waals surface area contributed by atoms with E-state index in [1.165, 1.54) is 24.5 Å². The molecule has 1 N–H and O–H groups in total. The zero-order valence-corrected chi connectivity index (χ0v) is 17.3. The maximum atomic E-state index is 13.0. The maximum Gasteiger partial charge on any atom is 0.284 e. The lowest BCUT2D eigenvalue weighted by Crippen LogP contribution is -2.22. The predicted octanol–water partition coefficient (Wildman–Crippen LogP) is 5.44. The zero-order chi connectivity index (χ0) is 22.3. The molecule has 4 aromatic rings. The fourth-order valence-electron chi connectivity index (χ4n) is 2.84. The highest BCUT2D eigenvalue weighted by atomic mass is 19.1. The molecule has 1 aromatic heterocycles. The summed E-state index contributed by atoms with van der Waals surface area (Å²) in [6, 6.07) is 20.1. The van der Waals surface area contributed by atoms with Gasteiger partial charge >= 0.3 is 0 Å². The SMILES string of the molecule is Cc1ccc(Oc2nccnc2Oc2ccc(C(=O)NCc3ccc(F)cc3)cc2)cc1.